The Morgan fingerprint density at radius 2 is 0.550 bits per heavy atom. The van der Waals surface area contributed by atoms with E-state index in [1.165, 1.54) is 250 Å². The summed E-state index contributed by atoms with van der Waals surface area (Å²) in [6, 6.07) is 0. The fourth-order valence-corrected chi connectivity index (χ4v) is 8.51. The average Bonchev–Trinajstić information content (AvgIpc) is 3.25. The van der Waals surface area contributed by atoms with Crippen LogP contribution in [0.3, 0.4) is 0 Å². The van der Waals surface area contributed by atoms with E-state index in [4.69, 9.17) is 14.2 Å². The molecule has 358 valence electrons. The molecule has 0 aliphatic rings. The van der Waals surface area contributed by atoms with Crippen molar-refractivity contribution in [2.24, 2.45) is 0 Å². The summed E-state index contributed by atoms with van der Waals surface area (Å²) in [5.41, 5.74) is 0. The first kappa shape index (κ1) is 58.9. The molecular weight excluding hydrogens is 741 g/mol. The molecule has 0 rings (SSSR count). The van der Waals surface area contributed by atoms with Gasteiger partial charge < -0.3 is 14.2 Å². The summed E-state index contributed by atoms with van der Waals surface area (Å²) in [7, 11) is 0. The zero-order valence-electron chi connectivity index (χ0n) is 41.3. The Bertz CT molecular complexity index is 830. The Morgan fingerprint density at radius 1 is 0.300 bits per heavy atom. The Kier molecular flexibility index (Phi) is 51.3. The highest BCUT2D eigenvalue weighted by molar-refractivity contribution is 5.70. The fraction of sp³-hybridized carbons (Fsp3) is 0.964. The van der Waals surface area contributed by atoms with E-state index in [-0.39, 0.29) is 18.5 Å². The van der Waals surface area contributed by atoms with Crippen LogP contribution in [0.25, 0.3) is 0 Å². The Labute approximate surface area is 376 Å². The molecule has 0 aromatic heterocycles. The quantitative estimate of drug-likeness (QED) is 0.0451. The van der Waals surface area contributed by atoms with E-state index in [0.29, 0.717) is 26.1 Å². The molecule has 0 aliphatic carbocycles. The smallest absolute Gasteiger partial charge is 0.306 e. The molecule has 0 saturated heterocycles. The third-order valence-corrected chi connectivity index (χ3v) is 12.6. The molecule has 0 radical (unpaired) electrons. The van der Waals surface area contributed by atoms with Crippen LogP contribution in [0.5, 0.6) is 0 Å². The number of hydrogen-bond acceptors (Lipinski definition) is 5. The molecule has 0 heterocycles. The summed E-state index contributed by atoms with van der Waals surface area (Å²) in [5.74, 6) is -0.369. The molecule has 1 atom stereocenters. The van der Waals surface area contributed by atoms with Gasteiger partial charge in [0.05, 0.1) is 6.61 Å². The van der Waals surface area contributed by atoms with E-state index in [0.717, 1.165) is 32.1 Å². The standard InChI is InChI=1S/C55H108O5/c1-4-7-10-13-16-19-22-24-26-28-29-31-34-36-39-42-45-48-54(56)59-52-53(60-55(57)49-46-43-40-37-33-21-18-15-12-9-6-3)51-58-50-47-44-41-38-35-32-30-27-25-23-20-17-14-11-8-5-2/h53H,4-52H2,1-3H3/t53-/m1/s1. The van der Waals surface area contributed by atoms with Gasteiger partial charge >= 0.3 is 11.9 Å². The maximum absolute atomic E-state index is 12.8. The largest absolute Gasteiger partial charge is 0.462 e. The number of esters is 2. The van der Waals surface area contributed by atoms with Crippen molar-refractivity contribution in [1.82, 2.24) is 0 Å². The number of ether oxygens (including phenoxy) is 3. The summed E-state index contributed by atoms with van der Waals surface area (Å²) in [6.07, 6.45) is 58.3. The predicted octanol–water partition coefficient (Wildman–Crippen LogP) is 18.5. The maximum atomic E-state index is 12.8. The second kappa shape index (κ2) is 52.2. The minimum atomic E-state index is -0.522. The Hall–Kier alpha value is -1.10. The summed E-state index contributed by atoms with van der Waals surface area (Å²) < 4.78 is 17.4. The van der Waals surface area contributed by atoms with Crippen LogP contribution < -0.4 is 0 Å². The van der Waals surface area contributed by atoms with E-state index < -0.39 is 6.10 Å². The van der Waals surface area contributed by atoms with Crippen molar-refractivity contribution >= 4 is 11.9 Å². The van der Waals surface area contributed by atoms with Gasteiger partial charge in [0.2, 0.25) is 0 Å². The summed E-state index contributed by atoms with van der Waals surface area (Å²) in [4.78, 5) is 25.4. The van der Waals surface area contributed by atoms with Crippen molar-refractivity contribution in [3.8, 4) is 0 Å². The molecule has 0 aromatic carbocycles. The van der Waals surface area contributed by atoms with Crippen LogP contribution in [0.15, 0.2) is 0 Å². The van der Waals surface area contributed by atoms with Gasteiger partial charge in [-0.05, 0) is 19.3 Å². The van der Waals surface area contributed by atoms with Crippen LogP contribution in [0, 0.1) is 0 Å². The average molecular weight is 849 g/mol. The first-order valence-corrected chi connectivity index (χ1v) is 27.6. The van der Waals surface area contributed by atoms with Gasteiger partial charge in [-0.25, -0.2) is 0 Å². The van der Waals surface area contributed by atoms with E-state index in [1.54, 1.807) is 0 Å². The molecule has 0 amide bonds. The van der Waals surface area contributed by atoms with Gasteiger partial charge in [0.25, 0.3) is 0 Å². The lowest BCUT2D eigenvalue weighted by atomic mass is 10.0. The monoisotopic (exact) mass is 849 g/mol. The maximum Gasteiger partial charge on any atom is 0.306 e. The van der Waals surface area contributed by atoms with Crippen molar-refractivity contribution in [1.29, 1.82) is 0 Å². The molecule has 0 bridgehead atoms. The Balaban J connectivity index is 4.14. The number of hydrogen-bond donors (Lipinski definition) is 0. The molecule has 0 saturated carbocycles. The molecule has 0 spiro atoms. The van der Waals surface area contributed by atoms with Crippen molar-refractivity contribution in [2.45, 2.75) is 322 Å². The van der Waals surface area contributed by atoms with E-state index >= 15 is 0 Å². The number of rotatable bonds is 52. The molecule has 0 fully saturated rings. The van der Waals surface area contributed by atoms with Gasteiger partial charge in [0, 0.05) is 19.4 Å². The predicted molar refractivity (Wildman–Crippen MR) is 261 cm³/mol. The summed E-state index contributed by atoms with van der Waals surface area (Å²) >= 11 is 0. The number of carbonyl (C=O) groups is 2. The molecule has 5 heteroatoms. The third-order valence-electron chi connectivity index (χ3n) is 12.6. The van der Waals surface area contributed by atoms with Gasteiger partial charge in [-0.15, -0.1) is 0 Å². The van der Waals surface area contributed by atoms with Crippen molar-refractivity contribution in [3.63, 3.8) is 0 Å². The van der Waals surface area contributed by atoms with Crippen molar-refractivity contribution in [3.05, 3.63) is 0 Å². The van der Waals surface area contributed by atoms with E-state index in [2.05, 4.69) is 20.8 Å². The first-order chi connectivity index (χ1) is 29.6. The number of carbonyl (C=O) groups excluding carboxylic acids is 2. The first-order valence-electron chi connectivity index (χ1n) is 27.6. The van der Waals surface area contributed by atoms with E-state index in [9.17, 15) is 9.59 Å². The zero-order valence-corrected chi connectivity index (χ0v) is 41.3. The van der Waals surface area contributed by atoms with Gasteiger partial charge in [-0.3, -0.25) is 9.59 Å². The second-order valence-corrected chi connectivity index (χ2v) is 18.9. The summed E-state index contributed by atoms with van der Waals surface area (Å²) in [5, 5.41) is 0. The topological polar surface area (TPSA) is 61.8 Å². The molecular formula is C55H108O5. The molecule has 60 heavy (non-hydrogen) atoms. The van der Waals surface area contributed by atoms with E-state index in [1.807, 2.05) is 0 Å². The molecule has 0 unspecified atom stereocenters. The van der Waals surface area contributed by atoms with Crippen LogP contribution in [-0.2, 0) is 23.8 Å². The number of unbranched alkanes of at least 4 members (excludes halogenated alkanes) is 41. The highest BCUT2D eigenvalue weighted by Gasteiger charge is 2.17. The fourth-order valence-electron chi connectivity index (χ4n) is 8.51. The van der Waals surface area contributed by atoms with Crippen LogP contribution in [0.4, 0.5) is 0 Å². The highest BCUT2D eigenvalue weighted by Crippen LogP contribution is 2.17. The molecule has 5 nitrogen and oxygen atoms in total. The minimum absolute atomic E-state index is 0.0980. The van der Waals surface area contributed by atoms with Crippen LogP contribution in [0.2, 0.25) is 0 Å². The second-order valence-electron chi connectivity index (χ2n) is 18.9. The van der Waals surface area contributed by atoms with Crippen LogP contribution in [-0.4, -0.2) is 37.9 Å². The zero-order chi connectivity index (χ0) is 43.5. The normalized spacial score (nSPS) is 12.0. The van der Waals surface area contributed by atoms with Crippen molar-refractivity contribution < 1.29 is 23.8 Å². The minimum Gasteiger partial charge on any atom is -0.462 e. The van der Waals surface area contributed by atoms with Gasteiger partial charge in [-0.2, -0.15) is 0 Å². The van der Waals surface area contributed by atoms with Gasteiger partial charge in [0.1, 0.15) is 6.61 Å². The van der Waals surface area contributed by atoms with Gasteiger partial charge in [0.15, 0.2) is 6.10 Å². The highest BCUT2D eigenvalue weighted by atomic mass is 16.6. The van der Waals surface area contributed by atoms with Crippen LogP contribution in [0.1, 0.15) is 316 Å². The third kappa shape index (κ3) is 49.6. The molecule has 0 aliphatic heterocycles. The lowest BCUT2D eigenvalue weighted by molar-refractivity contribution is -0.163. The lowest BCUT2D eigenvalue weighted by Crippen LogP contribution is -2.30. The van der Waals surface area contributed by atoms with Gasteiger partial charge in [-0.1, -0.05) is 284 Å². The lowest BCUT2D eigenvalue weighted by Gasteiger charge is -2.18. The molecule has 0 aromatic rings. The van der Waals surface area contributed by atoms with Crippen molar-refractivity contribution in [2.75, 3.05) is 19.8 Å². The SMILES string of the molecule is CCCCCCCCCCCCCCCCCCCC(=O)OC[C@@H](COCCCCCCCCCCCCCCCCCC)OC(=O)CCCCCCCCCCCCC. The summed E-state index contributed by atoms with van der Waals surface area (Å²) in [6.45, 7) is 7.91. The van der Waals surface area contributed by atoms with Crippen LogP contribution >= 0.6 is 0 Å². The molecule has 0 N–H and O–H groups in total. The Morgan fingerprint density at radius 3 is 0.850 bits per heavy atom.